The van der Waals surface area contributed by atoms with Gasteiger partial charge in [-0.1, -0.05) is 24.3 Å². The van der Waals surface area contributed by atoms with Gasteiger partial charge in [-0.15, -0.1) is 12.4 Å². The lowest BCUT2D eigenvalue weighted by atomic mass is 10.1. The summed E-state index contributed by atoms with van der Waals surface area (Å²) in [7, 11) is 0. The van der Waals surface area contributed by atoms with Crippen LogP contribution in [0, 0.1) is 0 Å². The van der Waals surface area contributed by atoms with E-state index in [0.717, 1.165) is 12.0 Å². The van der Waals surface area contributed by atoms with Crippen molar-refractivity contribution < 1.29 is 9.90 Å². The highest BCUT2D eigenvalue weighted by Gasteiger charge is 2.20. The van der Waals surface area contributed by atoms with E-state index in [-0.39, 0.29) is 24.9 Å². The molecule has 0 saturated heterocycles. The van der Waals surface area contributed by atoms with Gasteiger partial charge >= 0.3 is 0 Å². The minimum Gasteiger partial charge on any atom is -0.392 e. The molecule has 1 amide bonds. The van der Waals surface area contributed by atoms with Crippen molar-refractivity contribution in [2.75, 3.05) is 13.1 Å². The number of amides is 1. The molecule has 1 aromatic rings. The minimum absolute atomic E-state index is 0. The third kappa shape index (κ3) is 6.05. The highest BCUT2D eigenvalue weighted by Crippen LogP contribution is 2.17. The number of halogens is 1. The summed E-state index contributed by atoms with van der Waals surface area (Å²) in [5.74, 6) is 0.0638. The van der Waals surface area contributed by atoms with Crippen molar-refractivity contribution in [1.82, 2.24) is 10.6 Å². The van der Waals surface area contributed by atoms with Crippen LogP contribution in [-0.4, -0.2) is 30.1 Å². The third-order valence-corrected chi connectivity index (χ3v) is 3.07. The molecule has 1 aliphatic carbocycles. The number of carbonyl (C=O) groups is 1. The lowest BCUT2D eigenvalue weighted by Gasteiger charge is -2.06. The predicted molar refractivity (Wildman–Crippen MR) is 77.4 cm³/mol. The highest BCUT2D eigenvalue weighted by molar-refractivity contribution is 5.85. The van der Waals surface area contributed by atoms with Crippen molar-refractivity contribution in [2.24, 2.45) is 0 Å². The number of benzene rings is 1. The molecule has 1 aliphatic rings. The van der Waals surface area contributed by atoms with Gasteiger partial charge in [-0.25, -0.2) is 0 Å². The summed E-state index contributed by atoms with van der Waals surface area (Å²) >= 11 is 0. The van der Waals surface area contributed by atoms with E-state index in [1.54, 1.807) is 0 Å². The summed E-state index contributed by atoms with van der Waals surface area (Å²) in [6.07, 6.45) is 3.22. The van der Waals surface area contributed by atoms with Gasteiger partial charge in [0.25, 0.3) is 0 Å². The predicted octanol–water partition coefficient (Wildman–Crippen LogP) is 1.01. The first kappa shape index (κ1) is 16.0. The lowest BCUT2D eigenvalue weighted by molar-refractivity contribution is -0.120. The summed E-state index contributed by atoms with van der Waals surface area (Å²) in [6, 6.07) is 8.36. The molecule has 0 atom stereocenters. The van der Waals surface area contributed by atoms with Crippen LogP contribution in [0.5, 0.6) is 0 Å². The van der Waals surface area contributed by atoms with Crippen LogP contribution in [0.2, 0.25) is 0 Å². The Morgan fingerprint density at radius 1 is 1.21 bits per heavy atom. The average Bonchev–Trinajstić information content (AvgIpc) is 3.21. The molecule has 0 spiro atoms. The Hall–Kier alpha value is -1.10. The van der Waals surface area contributed by atoms with Gasteiger partial charge in [0.15, 0.2) is 0 Å². The van der Waals surface area contributed by atoms with Crippen molar-refractivity contribution in [3.05, 3.63) is 35.4 Å². The average molecular weight is 285 g/mol. The van der Waals surface area contributed by atoms with E-state index in [1.807, 2.05) is 24.3 Å². The van der Waals surface area contributed by atoms with Gasteiger partial charge in [-0.05, 0) is 30.4 Å². The van der Waals surface area contributed by atoms with Crippen molar-refractivity contribution >= 4 is 18.3 Å². The molecule has 0 radical (unpaired) electrons. The largest absolute Gasteiger partial charge is 0.392 e. The zero-order chi connectivity index (χ0) is 12.8. The fourth-order valence-corrected chi connectivity index (χ4v) is 1.74. The fraction of sp³-hybridized carbons (Fsp3) is 0.500. The Bertz CT molecular complexity index is 391. The molecule has 1 aromatic carbocycles. The maximum atomic E-state index is 11.5. The first-order valence-electron chi connectivity index (χ1n) is 6.46. The van der Waals surface area contributed by atoms with Gasteiger partial charge in [-0.2, -0.15) is 0 Å². The number of aliphatic hydroxyl groups is 1. The Balaban J connectivity index is 0.00000180. The molecule has 106 valence electrons. The molecule has 3 N–H and O–H groups in total. The molecule has 19 heavy (non-hydrogen) atoms. The van der Waals surface area contributed by atoms with E-state index < -0.39 is 0 Å². The zero-order valence-electron chi connectivity index (χ0n) is 10.9. The quantitative estimate of drug-likeness (QED) is 0.700. The number of aliphatic hydroxyl groups excluding tert-OH is 1. The Labute approximate surface area is 120 Å². The monoisotopic (exact) mass is 284 g/mol. The van der Waals surface area contributed by atoms with E-state index in [1.165, 1.54) is 18.4 Å². The SMILES string of the molecule is Cl.O=C(CNC1CC1)NCCc1ccc(CO)cc1. The Morgan fingerprint density at radius 2 is 1.84 bits per heavy atom. The lowest BCUT2D eigenvalue weighted by Crippen LogP contribution is -2.35. The van der Waals surface area contributed by atoms with Crippen molar-refractivity contribution in [3.63, 3.8) is 0 Å². The van der Waals surface area contributed by atoms with Crippen molar-refractivity contribution in [1.29, 1.82) is 0 Å². The van der Waals surface area contributed by atoms with Gasteiger partial charge in [0.05, 0.1) is 13.2 Å². The molecular weight excluding hydrogens is 264 g/mol. The molecule has 1 saturated carbocycles. The molecule has 0 heterocycles. The third-order valence-electron chi connectivity index (χ3n) is 3.07. The minimum atomic E-state index is 0. The van der Waals surface area contributed by atoms with Crippen LogP contribution < -0.4 is 10.6 Å². The molecular formula is C14H21ClN2O2. The second kappa shape index (κ2) is 8.15. The van der Waals surface area contributed by atoms with E-state index in [0.29, 0.717) is 19.1 Å². The van der Waals surface area contributed by atoms with Crippen LogP contribution >= 0.6 is 12.4 Å². The molecule has 4 nitrogen and oxygen atoms in total. The normalized spacial score (nSPS) is 13.7. The van der Waals surface area contributed by atoms with Crippen LogP contribution in [0.25, 0.3) is 0 Å². The Kier molecular flexibility index (Phi) is 6.84. The number of rotatable bonds is 7. The molecule has 2 rings (SSSR count). The van der Waals surface area contributed by atoms with E-state index in [4.69, 9.17) is 5.11 Å². The maximum Gasteiger partial charge on any atom is 0.233 e. The van der Waals surface area contributed by atoms with Crippen LogP contribution in [0.1, 0.15) is 24.0 Å². The molecule has 0 aromatic heterocycles. The van der Waals surface area contributed by atoms with Gasteiger partial charge in [0.1, 0.15) is 0 Å². The van der Waals surface area contributed by atoms with Crippen LogP contribution in [0.15, 0.2) is 24.3 Å². The zero-order valence-corrected chi connectivity index (χ0v) is 11.7. The summed E-state index contributed by atoms with van der Waals surface area (Å²) < 4.78 is 0. The van der Waals surface area contributed by atoms with Crippen molar-refractivity contribution in [2.45, 2.75) is 31.9 Å². The summed E-state index contributed by atoms with van der Waals surface area (Å²) in [5, 5.41) is 15.0. The van der Waals surface area contributed by atoms with E-state index >= 15 is 0 Å². The summed E-state index contributed by atoms with van der Waals surface area (Å²) in [4.78, 5) is 11.5. The second-order valence-electron chi connectivity index (χ2n) is 4.73. The number of hydrogen-bond acceptors (Lipinski definition) is 3. The summed E-state index contributed by atoms with van der Waals surface area (Å²) in [6.45, 7) is 1.15. The van der Waals surface area contributed by atoms with Gasteiger partial charge < -0.3 is 15.7 Å². The van der Waals surface area contributed by atoms with E-state index in [9.17, 15) is 4.79 Å². The number of carbonyl (C=O) groups excluding carboxylic acids is 1. The topological polar surface area (TPSA) is 61.4 Å². The van der Waals surface area contributed by atoms with E-state index in [2.05, 4.69) is 10.6 Å². The highest BCUT2D eigenvalue weighted by atomic mass is 35.5. The molecule has 5 heteroatoms. The van der Waals surface area contributed by atoms with Crippen LogP contribution in [-0.2, 0) is 17.8 Å². The van der Waals surface area contributed by atoms with Gasteiger partial charge in [-0.3, -0.25) is 4.79 Å². The second-order valence-corrected chi connectivity index (χ2v) is 4.73. The smallest absolute Gasteiger partial charge is 0.233 e. The fourth-order valence-electron chi connectivity index (χ4n) is 1.74. The molecule has 0 unspecified atom stereocenters. The maximum absolute atomic E-state index is 11.5. The van der Waals surface area contributed by atoms with Crippen LogP contribution in [0.3, 0.4) is 0 Å². The molecule has 0 aliphatic heterocycles. The summed E-state index contributed by atoms with van der Waals surface area (Å²) in [5.41, 5.74) is 2.08. The van der Waals surface area contributed by atoms with Gasteiger partial charge in [0, 0.05) is 12.6 Å². The van der Waals surface area contributed by atoms with Crippen molar-refractivity contribution in [3.8, 4) is 0 Å². The van der Waals surface area contributed by atoms with Gasteiger partial charge in [0.2, 0.25) is 5.91 Å². The molecule has 1 fully saturated rings. The standard InChI is InChI=1S/C14H20N2O2.ClH/c17-10-12-3-1-11(2-4-12)7-8-15-14(18)9-16-13-5-6-13;/h1-4,13,16-17H,5-10H2,(H,15,18);1H. The number of hydrogen-bond donors (Lipinski definition) is 3. The molecule has 0 bridgehead atoms. The van der Waals surface area contributed by atoms with Crippen LogP contribution in [0.4, 0.5) is 0 Å². The Morgan fingerprint density at radius 3 is 2.42 bits per heavy atom. The number of nitrogens with one attached hydrogen (secondary N) is 2. The first-order valence-corrected chi connectivity index (χ1v) is 6.46. The first-order chi connectivity index (χ1) is 8.78.